The Morgan fingerprint density at radius 2 is 2.27 bits per heavy atom. The highest BCUT2D eigenvalue weighted by Crippen LogP contribution is 2.34. The Bertz CT molecular complexity index is 400. The van der Waals surface area contributed by atoms with Gasteiger partial charge in [-0.15, -0.1) is 0 Å². The number of pyridine rings is 1. The SMILES string of the molecule is O=C(O)Cc1ncc(Cl)c(Br)c1C(F)F. The average Bonchev–Trinajstić information content (AvgIpc) is 2.10. The summed E-state index contributed by atoms with van der Waals surface area (Å²) in [5.41, 5.74) is -0.654. The Morgan fingerprint density at radius 1 is 1.67 bits per heavy atom. The van der Waals surface area contributed by atoms with Crippen LogP contribution in [0.3, 0.4) is 0 Å². The molecule has 1 aromatic heterocycles. The minimum absolute atomic E-state index is 0.00887. The molecular weight excluding hydrogens is 295 g/mol. The van der Waals surface area contributed by atoms with Gasteiger partial charge in [-0.3, -0.25) is 9.78 Å². The molecule has 82 valence electrons. The molecule has 1 aromatic rings. The van der Waals surface area contributed by atoms with Crippen LogP contribution in [0.1, 0.15) is 17.7 Å². The highest BCUT2D eigenvalue weighted by atomic mass is 79.9. The van der Waals surface area contributed by atoms with Gasteiger partial charge < -0.3 is 5.11 Å². The third-order valence-electron chi connectivity index (χ3n) is 1.63. The van der Waals surface area contributed by atoms with E-state index in [1.807, 2.05) is 0 Å². The zero-order chi connectivity index (χ0) is 11.6. The van der Waals surface area contributed by atoms with Crippen molar-refractivity contribution in [3.8, 4) is 0 Å². The molecule has 0 fully saturated rings. The van der Waals surface area contributed by atoms with Gasteiger partial charge in [0.1, 0.15) is 0 Å². The number of hydrogen-bond donors (Lipinski definition) is 1. The van der Waals surface area contributed by atoms with Crippen molar-refractivity contribution in [3.63, 3.8) is 0 Å². The number of nitrogens with zero attached hydrogens (tertiary/aromatic N) is 1. The van der Waals surface area contributed by atoms with Crippen molar-refractivity contribution in [1.29, 1.82) is 0 Å². The van der Waals surface area contributed by atoms with E-state index in [1.165, 1.54) is 0 Å². The summed E-state index contributed by atoms with van der Waals surface area (Å²) >= 11 is 8.45. The van der Waals surface area contributed by atoms with Crippen LogP contribution in [0.15, 0.2) is 10.7 Å². The van der Waals surface area contributed by atoms with E-state index in [4.69, 9.17) is 16.7 Å². The molecule has 15 heavy (non-hydrogen) atoms. The van der Waals surface area contributed by atoms with Crippen LogP contribution in [0.4, 0.5) is 8.78 Å². The van der Waals surface area contributed by atoms with Gasteiger partial charge in [-0.25, -0.2) is 8.78 Å². The summed E-state index contributed by atoms with van der Waals surface area (Å²) in [6.07, 6.45) is -2.24. The van der Waals surface area contributed by atoms with Crippen molar-refractivity contribution < 1.29 is 18.7 Å². The van der Waals surface area contributed by atoms with Crippen molar-refractivity contribution in [2.24, 2.45) is 0 Å². The molecular formula is C8H5BrClF2NO2. The number of carbonyl (C=O) groups is 1. The van der Waals surface area contributed by atoms with E-state index < -0.39 is 24.4 Å². The normalized spacial score (nSPS) is 10.7. The third-order valence-corrected chi connectivity index (χ3v) is 3.00. The lowest BCUT2D eigenvalue weighted by molar-refractivity contribution is -0.136. The summed E-state index contributed by atoms with van der Waals surface area (Å²) in [6, 6.07) is 0. The molecule has 1 N–H and O–H groups in total. The third kappa shape index (κ3) is 2.85. The minimum atomic E-state index is -2.82. The molecule has 0 radical (unpaired) electrons. The van der Waals surface area contributed by atoms with Gasteiger partial charge in [-0.2, -0.15) is 0 Å². The molecule has 0 atom stereocenters. The van der Waals surface area contributed by atoms with Gasteiger partial charge in [-0.1, -0.05) is 11.6 Å². The maximum Gasteiger partial charge on any atom is 0.309 e. The molecule has 0 aromatic carbocycles. The number of alkyl halides is 2. The van der Waals surface area contributed by atoms with E-state index in [-0.39, 0.29) is 15.2 Å². The van der Waals surface area contributed by atoms with Crippen LogP contribution < -0.4 is 0 Å². The zero-order valence-corrected chi connectivity index (χ0v) is 9.52. The molecule has 0 aliphatic heterocycles. The van der Waals surface area contributed by atoms with E-state index in [9.17, 15) is 13.6 Å². The summed E-state index contributed by atoms with van der Waals surface area (Å²) in [5.74, 6) is -1.22. The van der Waals surface area contributed by atoms with Crippen LogP contribution in [0.2, 0.25) is 5.02 Å². The van der Waals surface area contributed by atoms with Crippen molar-refractivity contribution in [2.45, 2.75) is 12.8 Å². The predicted octanol–water partition coefficient (Wildman–Crippen LogP) is 3.06. The second-order valence-corrected chi connectivity index (χ2v) is 3.85. The molecule has 0 amide bonds. The number of halogens is 4. The Labute approximate surface area is 97.2 Å². The van der Waals surface area contributed by atoms with Crippen LogP contribution in [-0.4, -0.2) is 16.1 Å². The van der Waals surface area contributed by atoms with E-state index in [0.717, 1.165) is 6.20 Å². The fourth-order valence-electron chi connectivity index (χ4n) is 1.02. The summed E-state index contributed by atoms with van der Waals surface area (Å²) < 4.78 is 25.2. The Morgan fingerprint density at radius 3 is 2.73 bits per heavy atom. The standard InChI is InChI=1S/C8H5BrClF2NO2/c9-7-3(10)2-13-4(1-5(14)15)6(7)8(11)12/h2,8H,1H2,(H,14,15). The van der Waals surface area contributed by atoms with Gasteiger partial charge in [0, 0.05) is 10.7 Å². The van der Waals surface area contributed by atoms with E-state index >= 15 is 0 Å². The number of rotatable bonds is 3. The topological polar surface area (TPSA) is 50.2 Å². The number of carboxylic acids is 1. The minimum Gasteiger partial charge on any atom is -0.481 e. The van der Waals surface area contributed by atoms with Crippen LogP contribution >= 0.6 is 27.5 Å². The van der Waals surface area contributed by atoms with Crippen LogP contribution in [0, 0.1) is 0 Å². The molecule has 0 aliphatic carbocycles. The quantitative estimate of drug-likeness (QED) is 0.933. The van der Waals surface area contributed by atoms with Crippen molar-refractivity contribution >= 4 is 33.5 Å². The van der Waals surface area contributed by atoms with Crippen LogP contribution in [0.5, 0.6) is 0 Å². The first-order valence-electron chi connectivity index (χ1n) is 3.76. The molecule has 0 saturated heterocycles. The van der Waals surface area contributed by atoms with E-state index in [1.54, 1.807) is 0 Å². The number of aliphatic carboxylic acids is 1. The highest BCUT2D eigenvalue weighted by molar-refractivity contribution is 9.10. The van der Waals surface area contributed by atoms with Crippen molar-refractivity contribution in [2.75, 3.05) is 0 Å². The fourth-order valence-corrected chi connectivity index (χ4v) is 1.68. The molecule has 3 nitrogen and oxygen atoms in total. The first-order valence-corrected chi connectivity index (χ1v) is 4.93. The van der Waals surface area contributed by atoms with E-state index in [2.05, 4.69) is 20.9 Å². The molecule has 1 rings (SSSR count). The average molecular weight is 300 g/mol. The van der Waals surface area contributed by atoms with Gasteiger partial charge >= 0.3 is 5.97 Å². The molecule has 0 spiro atoms. The van der Waals surface area contributed by atoms with E-state index in [0.29, 0.717) is 0 Å². The smallest absolute Gasteiger partial charge is 0.309 e. The number of carboxylic acid groups (broad SMARTS) is 1. The Hall–Kier alpha value is -0.750. The van der Waals surface area contributed by atoms with Gasteiger partial charge in [0.15, 0.2) is 0 Å². The summed E-state index contributed by atoms with van der Waals surface area (Å²) in [4.78, 5) is 14.0. The molecule has 0 unspecified atom stereocenters. The molecule has 1 heterocycles. The maximum atomic E-state index is 12.6. The number of aromatic nitrogens is 1. The van der Waals surface area contributed by atoms with Gasteiger partial charge in [0.05, 0.1) is 22.7 Å². The number of hydrogen-bond acceptors (Lipinski definition) is 2. The zero-order valence-electron chi connectivity index (χ0n) is 7.18. The van der Waals surface area contributed by atoms with Gasteiger partial charge in [0.25, 0.3) is 6.43 Å². The van der Waals surface area contributed by atoms with Gasteiger partial charge in [-0.05, 0) is 15.9 Å². The summed E-state index contributed by atoms with van der Waals surface area (Å²) in [5, 5.41) is 8.53. The summed E-state index contributed by atoms with van der Waals surface area (Å²) in [7, 11) is 0. The lowest BCUT2D eigenvalue weighted by atomic mass is 10.1. The molecule has 0 aliphatic rings. The molecule has 0 bridgehead atoms. The van der Waals surface area contributed by atoms with Gasteiger partial charge in [0.2, 0.25) is 0 Å². The Balaban J connectivity index is 3.26. The van der Waals surface area contributed by atoms with Crippen LogP contribution in [0.25, 0.3) is 0 Å². The predicted molar refractivity (Wildman–Crippen MR) is 53.2 cm³/mol. The molecule has 0 saturated carbocycles. The monoisotopic (exact) mass is 299 g/mol. The second-order valence-electron chi connectivity index (χ2n) is 2.65. The lowest BCUT2D eigenvalue weighted by Crippen LogP contribution is -2.07. The Kier molecular flexibility index (Phi) is 3.98. The maximum absolute atomic E-state index is 12.6. The molecule has 7 heteroatoms. The second kappa shape index (κ2) is 4.85. The lowest BCUT2D eigenvalue weighted by Gasteiger charge is -2.09. The van der Waals surface area contributed by atoms with Crippen LogP contribution in [-0.2, 0) is 11.2 Å². The first kappa shape index (κ1) is 12.3. The highest BCUT2D eigenvalue weighted by Gasteiger charge is 2.21. The summed E-state index contributed by atoms with van der Waals surface area (Å²) in [6.45, 7) is 0. The fraction of sp³-hybridized carbons (Fsp3) is 0.250. The van der Waals surface area contributed by atoms with Crippen molar-refractivity contribution in [1.82, 2.24) is 4.98 Å². The van der Waals surface area contributed by atoms with Crippen molar-refractivity contribution in [3.05, 3.63) is 26.9 Å². The first-order chi connectivity index (χ1) is 6.93. The largest absolute Gasteiger partial charge is 0.481 e.